The quantitative estimate of drug-likeness (QED) is 0.131. The maximum atomic E-state index is 13.6. The maximum Gasteiger partial charge on any atom is 0.140 e. The van der Waals surface area contributed by atoms with Gasteiger partial charge in [0.05, 0.1) is 27.2 Å². The van der Waals surface area contributed by atoms with E-state index in [1.807, 2.05) is 12.1 Å². The van der Waals surface area contributed by atoms with Crippen molar-refractivity contribution in [1.29, 1.82) is 0 Å². The van der Waals surface area contributed by atoms with Crippen LogP contribution < -0.4 is 14.2 Å². The number of unbranched alkanes of at least 4 members (excludes halogenated alkanes) is 11. The molecule has 1 aromatic carbocycles. The van der Waals surface area contributed by atoms with Crippen LogP contribution in [0.2, 0.25) is 0 Å². The van der Waals surface area contributed by atoms with E-state index >= 15 is 0 Å². The predicted molar refractivity (Wildman–Crippen MR) is 166 cm³/mol. The first-order chi connectivity index (χ1) is 18.6. The molecular formula is C33H58ClNO4. The molecule has 0 radical (unpaired) electrons. The summed E-state index contributed by atoms with van der Waals surface area (Å²) >= 11 is 0. The number of piperidine rings is 1. The predicted octanol–water partition coefficient (Wildman–Crippen LogP) is 9.14. The lowest BCUT2D eigenvalue weighted by atomic mass is 9.86. The first-order valence-corrected chi connectivity index (χ1v) is 15.7. The smallest absolute Gasteiger partial charge is 0.140 e. The fourth-order valence-corrected chi connectivity index (χ4v) is 5.87. The number of nitrogens with zero attached hydrogens (tertiary/aromatic N) is 1. The van der Waals surface area contributed by atoms with E-state index in [1.165, 1.54) is 103 Å². The lowest BCUT2D eigenvalue weighted by Crippen LogP contribution is -2.31. The normalized spacial score (nSPS) is 14.5. The molecule has 1 aliphatic rings. The van der Waals surface area contributed by atoms with E-state index in [4.69, 9.17) is 14.2 Å². The molecule has 0 spiro atoms. The highest BCUT2D eigenvalue weighted by atomic mass is 35.5. The number of carbonyl (C=O) groups excluding carboxylic acids is 1. The fraction of sp³-hybridized carbons (Fsp3) is 0.788. The van der Waals surface area contributed by atoms with Gasteiger partial charge in [-0.1, -0.05) is 90.4 Å². The molecule has 6 heteroatoms. The number of benzene rings is 1. The average molecular weight is 568 g/mol. The molecule has 0 N–H and O–H groups in total. The highest BCUT2D eigenvalue weighted by Gasteiger charge is 2.28. The topological polar surface area (TPSA) is 48.0 Å². The van der Waals surface area contributed by atoms with Crippen LogP contribution in [-0.4, -0.2) is 51.6 Å². The summed E-state index contributed by atoms with van der Waals surface area (Å²) in [7, 11) is 4.97. The van der Waals surface area contributed by atoms with E-state index in [1.54, 1.807) is 21.3 Å². The Morgan fingerprint density at radius 1 is 0.744 bits per heavy atom. The van der Waals surface area contributed by atoms with Crippen molar-refractivity contribution < 1.29 is 19.0 Å². The number of hydrogen-bond donors (Lipinski definition) is 0. The Bertz CT molecular complexity index is 741. The molecule has 1 fully saturated rings. The third-order valence-electron chi connectivity index (χ3n) is 8.18. The molecule has 1 saturated heterocycles. The molecule has 5 nitrogen and oxygen atoms in total. The second-order valence-electron chi connectivity index (χ2n) is 11.1. The number of rotatable bonds is 22. The van der Waals surface area contributed by atoms with Crippen LogP contribution in [0, 0.1) is 0 Å². The number of hydrogen-bond acceptors (Lipinski definition) is 5. The number of likely N-dealkylation sites (tertiary alicyclic amines) is 1. The minimum Gasteiger partial charge on any atom is -0.496 e. The summed E-state index contributed by atoms with van der Waals surface area (Å²) in [5.74, 6) is 2.18. The Morgan fingerprint density at radius 3 is 1.74 bits per heavy atom. The van der Waals surface area contributed by atoms with Gasteiger partial charge in [0.1, 0.15) is 23.0 Å². The van der Waals surface area contributed by atoms with Gasteiger partial charge in [-0.05, 0) is 45.3 Å². The lowest BCUT2D eigenvalue weighted by molar-refractivity contribution is -0.121. The molecular weight excluding hydrogens is 510 g/mol. The largest absolute Gasteiger partial charge is 0.496 e. The number of Topliss-reactive ketones (excluding diaryl/α,β-unsaturated/α-hetero) is 1. The van der Waals surface area contributed by atoms with Crippen molar-refractivity contribution in [2.75, 3.05) is 41.0 Å². The van der Waals surface area contributed by atoms with Crippen LogP contribution in [0.1, 0.15) is 134 Å². The molecule has 0 aliphatic carbocycles. The third kappa shape index (κ3) is 13.6. The van der Waals surface area contributed by atoms with E-state index in [2.05, 4.69) is 11.8 Å². The van der Waals surface area contributed by atoms with Gasteiger partial charge in [0.15, 0.2) is 0 Å². The van der Waals surface area contributed by atoms with Crippen molar-refractivity contribution >= 4 is 18.2 Å². The van der Waals surface area contributed by atoms with Gasteiger partial charge in [-0.25, -0.2) is 0 Å². The van der Waals surface area contributed by atoms with Crippen LogP contribution in [0.4, 0.5) is 0 Å². The molecule has 1 heterocycles. The Morgan fingerprint density at radius 2 is 1.26 bits per heavy atom. The summed E-state index contributed by atoms with van der Waals surface area (Å²) in [5, 5.41) is 0. The first-order valence-electron chi connectivity index (χ1n) is 15.7. The monoisotopic (exact) mass is 567 g/mol. The molecule has 226 valence electrons. The SMILES string of the molecule is CCCCCCCCCCCCCCC(C(=O)CCCN1CCCCC1)c1c(OC)cc(OC)cc1OC.Cl. The van der Waals surface area contributed by atoms with Crippen LogP contribution in [0.5, 0.6) is 17.2 Å². The number of carbonyl (C=O) groups is 1. The maximum absolute atomic E-state index is 13.6. The Hall–Kier alpha value is -1.46. The van der Waals surface area contributed by atoms with Gasteiger partial charge >= 0.3 is 0 Å². The molecule has 1 aromatic rings. The molecule has 1 atom stereocenters. The van der Waals surface area contributed by atoms with Crippen molar-refractivity contribution in [2.24, 2.45) is 0 Å². The summed E-state index contributed by atoms with van der Waals surface area (Å²) in [4.78, 5) is 16.2. The van der Waals surface area contributed by atoms with Crippen LogP contribution in [0.25, 0.3) is 0 Å². The van der Waals surface area contributed by atoms with E-state index in [0.717, 1.165) is 31.4 Å². The van der Waals surface area contributed by atoms with Crippen molar-refractivity contribution in [2.45, 2.75) is 128 Å². The van der Waals surface area contributed by atoms with Gasteiger partial charge in [0.25, 0.3) is 0 Å². The van der Waals surface area contributed by atoms with E-state index in [0.29, 0.717) is 29.5 Å². The van der Waals surface area contributed by atoms with Crippen molar-refractivity contribution in [3.8, 4) is 17.2 Å². The van der Waals surface area contributed by atoms with Gasteiger partial charge in [-0.3, -0.25) is 4.79 Å². The van der Waals surface area contributed by atoms with E-state index in [-0.39, 0.29) is 18.3 Å². The van der Waals surface area contributed by atoms with E-state index in [9.17, 15) is 4.79 Å². The van der Waals surface area contributed by atoms with Gasteiger partial charge < -0.3 is 19.1 Å². The molecule has 2 rings (SSSR count). The zero-order chi connectivity index (χ0) is 27.4. The zero-order valence-electron chi connectivity index (χ0n) is 25.6. The van der Waals surface area contributed by atoms with Gasteiger partial charge in [0, 0.05) is 24.1 Å². The standard InChI is InChI=1S/C33H57NO4.ClH/c1-5-6-7-8-9-10-11-12-13-14-15-17-21-29(30(35)22-20-25-34-23-18-16-19-24-34)33-31(37-3)26-28(36-2)27-32(33)38-4;/h26-27,29H,5-25H2,1-4H3;1H. The Balaban J connectivity index is 0.00000760. The summed E-state index contributed by atoms with van der Waals surface area (Å²) in [5.41, 5.74) is 0.891. The molecule has 1 aliphatic heterocycles. The fourth-order valence-electron chi connectivity index (χ4n) is 5.87. The second-order valence-corrected chi connectivity index (χ2v) is 11.1. The minimum atomic E-state index is -0.199. The molecule has 0 bridgehead atoms. The number of ether oxygens (including phenoxy) is 3. The number of halogens is 1. The highest BCUT2D eigenvalue weighted by molar-refractivity contribution is 5.87. The summed E-state index contributed by atoms with van der Waals surface area (Å²) in [6.45, 7) is 5.65. The molecule has 1 unspecified atom stereocenters. The van der Waals surface area contributed by atoms with Gasteiger partial charge in [-0.2, -0.15) is 0 Å². The minimum absolute atomic E-state index is 0. The van der Waals surface area contributed by atoms with Crippen LogP contribution in [0.3, 0.4) is 0 Å². The van der Waals surface area contributed by atoms with Crippen molar-refractivity contribution in [1.82, 2.24) is 4.90 Å². The average Bonchev–Trinajstić information content (AvgIpc) is 2.95. The third-order valence-corrected chi connectivity index (χ3v) is 8.18. The zero-order valence-corrected chi connectivity index (χ0v) is 26.4. The summed E-state index contributed by atoms with van der Waals surface area (Å²) in [6, 6.07) is 3.77. The number of methoxy groups -OCH3 is 3. The van der Waals surface area contributed by atoms with Crippen LogP contribution in [-0.2, 0) is 4.79 Å². The molecule has 39 heavy (non-hydrogen) atoms. The summed E-state index contributed by atoms with van der Waals surface area (Å²) < 4.78 is 17.0. The van der Waals surface area contributed by atoms with Gasteiger partial charge in [-0.15, -0.1) is 12.4 Å². The molecule has 0 aromatic heterocycles. The highest BCUT2D eigenvalue weighted by Crippen LogP contribution is 2.42. The van der Waals surface area contributed by atoms with Crippen molar-refractivity contribution in [3.63, 3.8) is 0 Å². The molecule has 0 amide bonds. The summed E-state index contributed by atoms with van der Waals surface area (Å²) in [6.07, 6.45) is 22.1. The van der Waals surface area contributed by atoms with Crippen LogP contribution in [0.15, 0.2) is 12.1 Å². The molecule has 0 saturated carbocycles. The first kappa shape index (κ1) is 35.6. The van der Waals surface area contributed by atoms with E-state index < -0.39 is 0 Å². The van der Waals surface area contributed by atoms with Crippen molar-refractivity contribution in [3.05, 3.63) is 17.7 Å². The lowest BCUT2D eigenvalue weighted by Gasteiger charge is -2.26. The van der Waals surface area contributed by atoms with Crippen LogP contribution >= 0.6 is 12.4 Å². The Labute approximate surface area is 246 Å². The Kier molecular flexibility index (Phi) is 20.3. The number of ketones is 1. The van der Waals surface area contributed by atoms with Gasteiger partial charge in [0.2, 0.25) is 0 Å². The second kappa shape index (κ2) is 22.3.